The highest BCUT2D eigenvalue weighted by molar-refractivity contribution is 5.68. The zero-order chi connectivity index (χ0) is 16.2. The van der Waals surface area contributed by atoms with Crippen molar-refractivity contribution in [3.8, 4) is 0 Å². The summed E-state index contributed by atoms with van der Waals surface area (Å²) in [6, 6.07) is 0. The lowest BCUT2D eigenvalue weighted by Crippen LogP contribution is -2.53. The summed E-state index contributed by atoms with van der Waals surface area (Å²) >= 11 is 0. The maximum atomic E-state index is 11.2. The van der Waals surface area contributed by atoms with Gasteiger partial charge in [0, 0.05) is 27.2 Å². The summed E-state index contributed by atoms with van der Waals surface area (Å²) in [4.78, 5) is 33.6. The van der Waals surface area contributed by atoms with Crippen LogP contribution in [-0.4, -0.2) is 42.5 Å². The first-order valence-corrected chi connectivity index (χ1v) is 6.53. The Balaban J connectivity index is 3.01. The molecule has 1 aliphatic rings. The van der Waals surface area contributed by atoms with E-state index in [-0.39, 0.29) is 6.42 Å². The van der Waals surface area contributed by atoms with Crippen LogP contribution in [0, 0.1) is 0 Å². The Kier molecular flexibility index (Phi) is 5.90. The summed E-state index contributed by atoms with van der Waals surface area (Å²) in [6.45, 7) is 9.18. The standard InChI is InChI=1S/C14H20O7/c1-7(2)11-6-12(18-8(3)15)13(19-9(4)16)14(21-11)20-10(5)17/h11-14H,1,6H2,2-5H3/t11-,12-,13?,14?/m1/s1. The second kappa shape index (κ2) is 7.21. The molecule has 1 heterocycles. The number of hydrogen-bond acceptors (Lipinski definition) is 7. The van der Waals surface area contributed by atoms with Gasteiger partial charge in [-0.1, -0.05) is 12.2 Å². The SMILES string of the molecule is C=C(C)[C@H]1C[C@@H](OC(C)=O)C(OC(C)=O)C(OC(C)=O)O1. The van der Waals surface area contributed by atoms with E-state index >= 15 is 0 Å². The zero-order valence-corrected chi connectivity index (χ0v) is 12.6. The molecular weight excluding hydrogens is 280 g/mol. The Hall–Kier alpha value is -1.89. The molecule has 2 unspecified atom stereocenters. The first-order valence-electron chi connectivity index (χ1n) is 6.53. The van der Waals surface area contributed by atoms with E-state index in [1.165, 1.54) is 20.8 Å². The molecule has 7 heteroatoms. The summed E-state index contributed by atoms with van der Waals surface area (Å²) in [5.41, 5.74) is 0.686. The molecule has 1 saturated heterocycles. The van der Waals surface area contributed by atoms with Gasteiger partial charge in [0.05, 0.1) is 6.10 Å². The molecule has 0 aliphatic carbocycles. The fourth-order valence-electron chi connectivity index (χ4n) is 2.04. The summed E-state index contributed by atoms with van der Waals surface area (Å²) in [6.07, 6.45) is -3.13. The maximum Gasteiger partial charge on any atom is 0.305 e. The van der Waals surface area contributed by atoms with E-state index in [1.54, 1.807) is 6.92 Å². The van der Waals surface area contributed by atoms with Crippen LogP contribution in [0.1, 0.15) is 34.1 Å². The van der Waals surface area contributed by atoms with E-state index in [2.05, 4.69) is 6.58 Å². The lowest BCUT2D eigenvalue weighted by Gasteiger charge is -2.39. The van der Waals surface area contributed by atoms with Gasteiger partial charge in [0.1, 0.15) is 6.10 Å². The van der Waals surface area contributed by atoms with E-state index in [0.717, 1.165) is 0 Å². The maximum absolute atomic E-state index is 11.2. The highest BCUT2D eigenvalue weighted by Gasteiger charge is 2.45. The highest BCUT2D eigenvalue weighted by atomic mass is 16.7. The third-order valence-electron chi connectivity index (χ3n) is 2.83. The Morgan fingerprint density at radius 2 is 1.48 bits per heavy atom. The molecule has 0 saturated carbocycles. The Labute approximate surface area is 123 Å². The van der Waals surface area contributed by atoms with Crippen molar-refractivity contribution in [1.82, 2.24) is 0 Å². The van der Waals surface area contributed by atoms with Crippen LogP contribution in [0.4, 0.5) is 0 Å². The van der Waals surface area contributed by atoms with Crippen LogP contribution in [0.15, 0.2) is 12.2 Å². The van der Waals surface area contributed by atoms with Crippen molar-refractivity contribution in [2.45, 2.75) is 58.7 Å². The molecule has 21 heavy (non-hydrogen) atoms. The number of rotatable bonds is 4. The average Bonchev–Trinajstić information content (AvgIpc) is 2.30. The predicted octanol–water partition coefficient (Wildman–Crippen LogP) is 1.10. The zero-order valence-electron chi connectivity index (χ0n) is 12.6. The minimum absolute atomic E-state index is 0.268. The molecule has 1 fully saturated rings. The van der Waals surface area contributed by atoms with Gasteiger partial charge in [-0.15, -0.1) is 0 Å². The van der Waals surface area contributed by atoms with Crippen molar-refractivity contribution >= 4 is 17.9 Å². The minimum Gasteiger partial charge on any atom is -0.458 e. The van der Waals surface area contributed by atoms with Crippen molar-refractivity contribution in [1.29, 1.82) is 0 Å². The molecule has 7 nitrogen and oxygen atoms in total. The van der Waals surface area contributed by atoms with E-state index in [4.69, 9.17) is 18.9 Å². The molecule has 4 atom stereocenters. The normalized spacial score (nSPS) is 28.4. The summed E-state index contributed by atoms with van der Waals surface area (Å²) in [5, 5.41) is 0. The summed E-state index contributed by atoms with van der Waals surface area (Å²) in [7, 11) is 0. The van der Waals surface area contributed by atoms with E-state index in [1.807, 2.05) is 0 Å². The summed E-state index contributed by atoms with van der Waals surface area (Å²) < 4.78 is 20.9. The second-order valence-corrected chi connectivity index (χ2v) is 4.91. The Morgan fingerprint density at radius 3 is 1.90 bits per heavy atom. The molecular formula is C14H20O7. The van der Waals surface area contributed by atoms with Crippen LogP contribution in [0.5, 0.6) is 0 Å². The number of hydrogen-bond donors (Lipinski definition) is 0. The molecule has 0 aromatic heterocycles. The molecule has 0 N–H and O–H groups in total. The first kappa shape index (κ1) is 17.2. The van der Waals surface area contributed by atoms with Crippen molar-refractivity contribution in [2.24, 2.45) is 0 Å². The van der Waals surface area contributed by atoms with Crippen molar-refractivity contribution in [2.75, 3.05) is 0 Å². The Bertz CT molecular complexity index is 417. The van der Waals surface area contributed by atoms with Gasteiger partial charge in [-0.3, -0.25) is 14.4 Å². The third-order valence-corrected chi connectivity index (χ3v) is 2.83. The highest BCUT2D eigenvalue weighted by Crippen LogP contribution is 2.29. The second-order valence-electron chi connectivity index (χ2n) is 4.91. The summed E-state index contributed by atoms with van der Waals surface area (Å²) in [5.74, 6) is -1.71. The molecule has 0 radical (unpaired) electrons. The van der Waals surface area contributed by atoms with Crippen molar-refractivity contribution < 1.29 is 33.3 Å². The van der Waals surface area contributed by atoms with Gasteiger partial charge in [-0.25, -0.2) is 0 Å². The topological polar surface area (TPSA) is 88.1 Å². The minimum atomic E-state index is -1.15. The van der Waals surface area contributed by atoms with Gasteiger partial charge in [0.15, 0.2) is 0 Å². The van der Waals surface area contributed by atoms with Gasteiger partial charge in [-0.05, 0) is 6.92 Å². The van der Waals surface area contributed by atoms with Crippen molar-refractivity contribution in [3.05, 3.63) is 12.2 Å². The quantitative estimate of drug-likeness (QED) is 0.436. The van der Waals surface area contributed by atoms with Gasteiger partial charge in [0.25, 0.3) is 0 Å². The number of carbonyl (C=O) groups is 3. The smallest absolute Gasteiger partial charge is 0.305 e. The molecule has 118 valence electrons. The fraction of sp³-hybridized carbons (Fsp3) is 0.643. The molecule has 0 aromatic rings. The molecule has 1 aliphatic heterocycles. The third kappa shape index (κ3) is 5.18. The molecule has 0 spiro atoms. The van der Waals surface area contributed by atoms with Gasteiger partial charge < -0.3 is 18.9 Å². The fourth-order valence-corrected chi connectivity index (χ4v) is 2.04. The predicted molar refractivity (Wildman–Crippen MR) is 71.0 cm³/mol. The Morgan fingerprint density at radius 1 is 0.952 bits per heavy atom. The van der Waals surface area contributed by atoms with Crippen molar-refractivity contribution in [3.63, 3.8) is 0 Å². The number of esters is 3. The van der Waals surface area contributed by atoms with Crippen LogP contribution in [0.2, 0.25) is 0 Å². The molecule has 0 aromatic carbocycles. The van der Waals surface area contributed by atoms with Gasteiger partial charge >= 0.3 is 17.9 Å². The lowest BCUT2D eigenvalue weighted by molar-refractivity contribution is -0.261. The van der Waals surface area contributed by atoms with E-state index in [0.29, 0.717) is 5.57 Å². The molecule has 0 bridgehead atoms. The molecule has 0 amide bonds. The van der Waals surface area contributed by atoms with Crippen LogP contribution < -0.4 is 0 Å². The molecule has 1 rings (SSSR count). The van der Waals surface area contributed by atoms with E-state index in [9.17, 15) is 14.4 Å². The number of carbonyl (C=O) groups excluding carboxylic acids is 3. The largest absolute Gasteiger partial charge is 0.458 e. The van der Waals surface area contributed by atoms with Gasteiger partial charge in [0.2, 0.25) is 12.4 Å². The van der Waals surface area contributed by atoms with Crippen LogP contribution in [0.3, 0.4) is 0 Å². The first-order chi connectivity index (χ1) is 9.70. The number of ether oxygens (including phenoxy) is 4. The van der Waals surface area contributed by atoms with Crippen LogP contribution in [-0.2, 0) is 33.3 Å². The van der Waals surface area contributed by atoms with Gasteiger partial charge in [-0.2, -0.15) is 0 Å². The van der Waals surface area contributed by atoms with Crippen LogP contribution in [0.25, 0.3) is 0 Å². The van der Waals surface area contributed by atoms with Crippen LogP contribution >= 0.6 is 0 Å². The lowest BCUT2D eigenvalue weighted by atomic mass is 9.98. The average molecular weight is 300 g/mol. The van der Waals surface area contributed by atoms with E-state index < -0.39 is 42.5 Å². The monoisotopic (exact) mass is 300 g/mol.